The van der Waals surface area contributed by atoms with Crippen LogP contribution in [0, 0.1) is 11.3 Å². The Labute approximate surface area is 86.1 Å². The number of rotatable bonds is 2. The van der Waals surface area contributed by atoms with Crippen LogP contribution in [0.2, 0.25) is 0 Å². The molecule has 1 aromatic heterocycles. The number of benzene rings is 1. The van der Waals surface area contributed by atoms with E-state index in [1.807, 2.05) is 6.07 Å². The van der Waals surface area contributed by atoms with Crippen LogP contribution >= 0.6 is 0 Å². The van der Waals surface area contributed by atoms with E-state index in [1.165, 1.54) is 0 Å². The molecule has 0 radical (unpaired) electrons. The molecular weight excluding hydrogens is 192 g/mol. The smallest absolute Gasteiger partial charge is 0.153 e. The lowest BCUT2D eigenvalue weighted by Gasteiger charge is -1.98. The van der Waals surface area contributed by atoms with Crippen molar-refractivity contribution in [3.05, 3.63) is 29.5 Å². The van der Waals surface area contributed by atoms with Gasteiger partial charge in [-0.2, -0.15) is 5.26 Å². The average molecular weight is 200 g/mol. The number of aldehydes is 1. The third-order valence-electron chi connectivity index (χ3n) is 2.28. The second-order valence-electron chi connectivity index (χ2n) is 3.05. The zero-order chi connectivity index (χ0) is 10.8. The molecule has 0 amide bonds. The summed E-state index contributed by atoms with van der Waals surface area (Å²) in [6.45, 7) is 0. The van der Waals surface area contributed by atoms with Crippen LogP contribution in [-0.2, 0) is 0 Å². The molecule has 1 aromatic carbocycles. The van der Waals surface area contributed by atoms with Crippen molar-refractivity contribution in [3.8, 4) is 11.8 Å². The molecule has 0 fully saturated rings. The predicted octanol–water partition coefficient (Wildman–Crippen LogP) is 1.86. The number of H-pyrrole nitrogens is 1. The van der Waals surface area contributed by atoms with Crippen LogP contribution < -0.4 is 4.74 Å². The number of hydrogen-bond acceptors (Lipinski definition) is 3. The van der Waals surface area contributed by atoms with Crippen molar-refractivity contribution in [1.29, 1.82) is 5.26 Å². The maximum Gasteiger partial charge on any atom is 0.153 e. The summed E-state index contributed by atoms with van der Waals surface area (Å²) < 4.78 is 5.05. The van der Waals surface area contributed by atoms with E-state index in [0.717, 1.165) is 5.52 Å². The van der Waals surface area contributed by atoms with Crippen molar-refractivity contribution < 1.29 is 9.53 Å². The van der Waals surface area contributed by atoms with Gasteiger partial charge in [-0.1, -0.05) is 0 Å². The molecular formula is C11H8N2O2. The molecule has 0 aliphatic rings. The largest absolute Gasteiger partial charge is 0.497 e. The highest BCUT2D eigenvalue weighted by molar-refractivity contribution is 6.00. The Hall–Kier alpha value is -2.28. The predicted molar refractivity (Wildman–Crippen MR) is 55.0 cm³/mol. The maximum atomic E-state index is 10.8. The molecule has 15 heavy (non-hydrogen) atoms. The Morgan fingerprint density at radius 1 is 1.53 bits per heavy atom. The van der Waals surface area contributed by atoms with E-state index >= 15 is 0 Å². The number of nitriles is 1. The van der Waals surface area contributed by atoms with Gasteiger partial charge in [0.15, 0.2) is 6.29 Å². The van der Waals surface area contributed by atoms with Gasteiger partial charge in [-0.25, -0.2) is 0 Å². The van der Waals surface area contributed by atoms with Crippen molar-refractivity contribution in [2.45, 2.75) is 0 Å². The Kier molecular flexibility index (Phi) is 2.14. The van der Waals surface area contributed by atoms with Crippen LogP contribution in [0.5, 0.6) is 5.75 Å². The van der Waals surface area contributed by atoms with E-state index in [0.29, 0.717) is 23.0 Å². The van der Waals surface area contributed by atoms with Crippen LogP contribution in [0.3, 0.4) is 0 Å². The number of carbonyl (C=O) groups is 1. The topological polar surface area (TPSA) is 65.9 Å². The first-order chi connectivity index (χ1) is 7.30. The molecule has 0 bridgehead atoms. The fourth-order valence-electron chi connectivity index (χ4n) is 1.53. The molecule has 0 spiro atoms. The Balaban J connectivity index is 2.80. The summed E-state index contributed by atoms with van der Waals surface area (Å²) in [5, 5.41) is 9.51. The van der Waals surface area contributed by atoms with Gasteiger partial charge >= 0.3 is 0 Å². The van der Waals surface area contributed by atoms with Crippen molar-refractivity contribution in [2.24, 2.45) is 0 Å². The first kappa shape index (κ1) is 9.28. The number of ether oxygens (including phenoxy) is 1. The molecule has 0 saturated carbocycles. The summed E-state index contributed by atoms with van der Waals surface area (Å²) in [6, 6.07) is 7.23. The van der Waals surface area contributed by atoms with Gasteiger partial charge in [0.1, 0.15) is 17.5 Å². The number of hydrogen-bond donors (Lipinski definition) is 1. The second-order valence-corrected chi connectivity index (χ2v) is 3.05. The van der Waals surface area contributed by atoms with Crippen molar-refractivity contribution >= 4 is 17.2 Å². The number of nitrogens with zero attached hydrogens (tertiary/aromatic N) is 1. The molecule has 0 unspecified atom stereocenters. The first-order valence-corrected chi connectivity index (χ1v) is 4.35. The minimum Gasteiger partial charge on any atom is -0.497 e. The van der Waals surface area contributed by atoms with Gasteiger partial charge in [-0.05, 0) is 18.2 Å². The molecule has 0 aliphatic heterocycles. The minimum atomic E-state index is 0.285. The lowest BCUT2D eigenvalue weighted by atomic mass is 10.1. The lowest BCUT2D eigenvalue weighted by molar-refractivity contribution is 0.112. The first-order valence-electron chi connectivity index (χ1n) is 4.35. The zero-order valence-corrected chi connectivity index (χ0v) is 8.07. The summed E-state index contributed by atoms with van der Waals surface area (Å²) in [4.78, 5) is 13.7. The van der Waals surface area contributed by atoms with E-state index in [2.05, 4.69) is 4.98 Å². The molecule has 74 valence electrons. The Morgan fingerprint density at radius 3 is 2.93 bits per heavy atom. The Morgan fingerprint density at radius 2 is 2.33 bits per heavy atom. The molecule has 4 heteroatoms. The average Bonchev–Trinajstić information content (AvgIpc) is 2.65. The van der Waals surface area contributed by atoms with Crippen LogP contribution in [0.1, 0.15) is 16.1 Å². The number of methoxy groups -OCH3 is 1. The van der Waals surface area contributed by atoms with Crippen molar-refractivity contribution in [1.82, 2.24) is 4.98 Å². The van der Waals surface area contributed by atoms with E-state index in [4.69, 9.17) is 10.00 Å². The molecule has 2 rings (SSSR count). The standard InChI is InChI=1S/C11H8N2O2/c1-15-7-2-3-10-8(4-7)9(6-14)11(5-12)13-10/h2-4,6,13H,1H3. The van der Waals surface area contributed by atoms with Crippen LogP contribution in [0.4, 0.5) is 0 Å². The van der Waals surface area contributed by atoms with E-state index in [1.54, 1.807) is 25.3 Å². The normalized spacial score (nSPS) is 9.87. The number of nitrogens with one attached hydrogen (secondary N) is 1. The van der Waals surface area contributed by atoms with Gasteiger partial charge in [0.2, 0.25) is 0 Å². The molecule has 4 nitrogen and oxygen atoms in total. The number of aromatic nitrogens is 1. The third-order valence-corrected chi connectivity index (χ3v) is 2.28. The number of carbonyl (C=O) groups excluding carboxylic acids is 1. The third kappa shape index (κ3) is 1.34. The monoisotopic (exact) mass is 200 g/mol. The van der Waals surface area contributed by atoms with E-state index < -0.39 is 0 Å². The maximum absolute atomic E-state index is 10.8. The molecule has 0 saturated heterocycles. The van der Waals surface area contributed by atoms with Gasteiger partial charge in [-0.15, -0.1) is 0 Å². The molecule has 1 heterocycles. The van der Waals surface area contributed by atoms with Gasteiger partial charge in [0.25, 0.3) is 0 Å². The van der Waals surface area contributed by atoms with Gasteiger partial charge < -0.3 is 9.72 Å². The highest BCUT2D eigenvalue weighted by atomic mass is 16.5. The second kappa shape index (κ2) is 3.46. The van der Waals surface area contributed by atoms with E-state index in [9.17, 15) is 4.79 Å². The fourth-order valence-corrected chi connectivity index (χ4v) is 1.53. The van der Waals surface area contributed by atoms with Crippen LogP contribution in [0.15, 0.2) is 18.2 Å². The minimum absolute atomic E-state index is 0.285. The summed E-state index contributed by atoms with van der Waals surface area (Å²) in [5.74, 6) is 0.661. The van der Waals surface area contributed by atoms with Crippen molar-refractivity contribution in [2.75, 3.05) is 7.11 Å². The van der Waals surface area contributed by atoms with Gasteiger partial charge in [0.05, 0.1) is 12.7 Å². The van der Waals surface area contributed by atoms with Crippen molar-refractivity contribution in [3.63, 3.8) is 0 Å². The number of fused-ring (bicyclic) bond motifs is 1. The summed E-state index contributed by atoms with van der Waals surface area (Å²) in [7, 11) is 1.56. The summed E-state index contributed by atoms with van der Waals surface area (Å²) in [5.41, 5.74) is 1.43. The molecule has 1 N–H and O–H groups in total. The summed E-state index contributed by atoms with van der Waals surface area (Å²) >= 11 is 0. The summed E-state index contributed by atoms with van der Waals surface area (Å²) in [6.07, 6.45) is 0.677. The van der Waals surface area contributed by atoms with E-state index in [-0.39, 0.29) is 5.69 Å². The lowest BCUT2D eigenvalue weighted by Crippen LogP contribution is -1.83. The van der Waals surface area contributed by atoms with Crippen LogP contribution in [0.25, 0.3) is 10.9 Å². The highest BCUT2D eigenvalue weighted by Gasteiger charge is 2.10. The fraction of sp³-hybridized carbons (Fsp3) is 0.0909. The van der Waals surface area contributed by atoms with Crippen LogP contribution in [-0.4, -0.2) is 18.4 Å². The Bertz CT molecular complexity index is 564. The zero-order valence-electron chi connectivity index (χ0n) is 8.07. The molecule has 0 aliphatic carbocycles. The van der Waals surface area contributed by atoms with Gasteiger partial charge in [-0.3, -0.25) is 4.79 Å². The quantitative estimate of drug-likeness (QED) is 0.752. The molecule has 0 atom stereocenters. The van der Waals surface area contributed by atoms with Gasteiger partial charge in [0, 0.05) is 10.9 Å². The number of aromatic amines is 1. The molecule has 2 aromatic rings. The SMILES string of the molecule is COc1ccc2[nH]c(C#N)c(C=O)c2c1. The highest BCUT2D eigenvalue weighted by Crippen LogP contribution is 2.24.